The van der Waals surface area contributed by atoms with Gasteiger partial charge in [-0.05, 0) is 30.7 Å². The maximum Gasteiger partial charge on any atom is 0.135 e. The van der Waals surface area contributed by atoms with Gasteiger partial charge in [0.15, 0.2) is 0 Å². The van der Waals surface area contributed by atoms with Crippen molar-refractivity contribution in [3.8, 4) is 17.6 Å². The number of aryl methyl sites for hydroxylation is 1. The molecule has 2 rings (SSSR count). The van der Waals surface area contributed by atoms with Crippen LogP contribution in [0, 0.1) is 18.8 Å². The second-order valence-electron chi connectivity index (χ2n) is 4.08. The van der Waals surface area contributed by atoms with Crippen molar-refractivity contribution >= 4 is 0 Å². The number of aliphatic hydroxyl groups is 1. The third-order valence-electron chi connectivity index (χ3n) is 2.57. The predicted octanol–water partition coefficient (Wildman–Crippen LogP) is 1.61. The topological polar surface area (TPSA) is 47.3 Å². The van der Waals surface area contributed by atoms with E-state index in [9.17, 15) is 0 Å². The highest BCUT2D eigenvalue weighted by Gasteiger charge is 2.02. The Hall–Kier alpha value is -2.25. The molecule has 0 saturated heterocycles. The molecular formula is C15H16N2O2. The summed E-state index contributed by atoms with van der Waals surface area (Å²) in [5, 5.41) is 12.9. The van der Waals surface area contributed by atoms with E-state index in [1.165, 1.54) is 0 Å². The quantitative estimate of drug-likeness (QED) is 0.845. The van der Waals surface area contributed by atoms with E-state index in [1.807, 2.05) is 42.1 Å². The van der Waals surface area contributed by atoms with E-state index in [-0.39, 0.29) is 6.61 Å². The molecule has 0 unspecified atom stereocenters. The third kappa shape index (κ3) is 3.87. The highest BCUT2D eigenvalue weighted by Crippen LogP contribution is 2.19. The zero-order valence-corrected chi connectivity index (χ0v) is 10.8. The lowest BCUT2D eigenvalue weighted by Gasteiger charge is -2.09. The summed E-state index contributed by atoms with van der Waals surface area (Å²) in [5.41, 5.74) is 1.91. The number of aliphatic hydroxyl groups excluding tert-OH is 1. The van der Waals surface area contributed by atoms with Crippen LogP contribution in [0.1, 0.15) is 11.1 Å². The fraction of sp³-hybridized carbons (Fsp3) is 0.267. The Morgan fingerprint density at radius 2 is 2.32 bits per heavy atom. The summed E-state index contributed by atoms with van der Waals surface area (Å²) in [5.74, 6) is 6.28. The molecule has 0 radical (unpaired) electrons. The van der Waals surface area contributed by atoms with Gasteiger partial charge in [-0.2, -0.15) is 5.10 Å². The fourth-order valence-corrected chi connectivity index (χ4v) is 1.68. The molecule has 1 aromatic carbocycles. The lowest BCUT2D eigenvalue weighted by Crippen LogP contribution is -2.09. The standard InChI is InChI=1S/C15H16N2O2/c1-13-5-6-15(14(12-13)4-2-10-18)19-11-9-17-8-3-7-16-17/h3,5-8,12,18H,9-11H2,1H3. The van der Waals surface area contributed by atoms with E-state index in [1.54, 1.807) is 6.20 Å². The summed E-state index contributed by atoms with van der Waals surface area (Å²) in [7, 11) is 0. The Balaban J connectivity index is 2.02. The molecule has 0 bridgehead atoms. The first kappa shape index (κ1) is 13.2. The van der Waals surface area contributed by atoms with Crippen molar-refractivity contribution in [2.24, 2.45) is 0 Å². The molecule has 0 fully saturated rings. The van der Waals surface area contributed by atoms with Gasteiger partial charge in [-0.15, -0.1) is 0 Å². The molecule has 2 aromatic rings. The second-order valence-corrected chi connectivity index (χ2v) is 4.08. The molecule has 0 spiro atoms. The maximum atomic E-state index is 8.76. The van der Waals surface area contributed by atoms with Crippen molar-refractivity contribution < 1.29 is 9.84 Å². The Morgan fingerprint density at radius 3 is 3.05 bits per heavy atom. The Labute approximate surface area is 112 Å². The molecule has 4 nitrogen and oxygen atoms in total. The number of nitrogens with zero attached hydrogens (tertiary/aromatic N) is 2. The van der Waals surface area contributed by atoms with Crippen LogP contribution in [0.15, 0.2) is 36.7 Å². The van der Waals surface area contributed by atoms with Gasteiger partial charge < -0.3 is 9.84 Å². The Morgan fingerprint density at radius 1 is 1.42 bits per heavy atom. The van der Waals surface area contributed by atoms with Gasteiger partial charge in [0.05, 0.1) is 12.1 Å². The molecule has 0 aliphatic rings. The largest absolute Gasteiger partial charge is 0.490 e. The summed E-state index contributed by atoms with van der Waals surface area (Å²) < 4.78 is 7.53. The first-order valence-electron chi connectivity index (χ1n) is 6.10. The van der Waals surface area contributed by atoms with Crippen LogP contribution in [0.4, 0.5) is 0 Å². The van der Waals surface area contributed by atoms with Crippen molar-refractivity contribution in [2.45, 2.75) is 13.5 Å². The lowest BCUT2D eigenvalue weighted by molar-refractivity contribution is 0.290. The zero-order chi connectivity index (χ0) is 13.5. The normalized spacial score (nSPS) is 9.79. The molecule has 0 amide bonds. The van der Waals surface area contributed by atoms with E-state index in [2.05, 4.69) is 16.9 Å². The van der Waals surface area contributed by atoms with Crippen LogP contribution in [0.3, 0.4) is 0 Å². The van der Waals surface area contributed by atoms with Crippen LogP contribution < -0.4 is 4.74 Å². The minimum absolute atomic E-state index is 0.152. The molecule has 19 heavy (non-hydrogen) atoms. The van der Waals surface area contributed by atoms with Crippen LogP contribution in [0.5, 0.6) is 5.75 Å². The molecule has 1 heterocycles. The van der Waals surface area contributed by atoms with Gasteiger partial charge in [-0.25, -0.2) is 0 Å². The van der Waals surface area contributed by atoms with Crippen molar-refractivity contribution in [1.29, 1.82) is 0 Å². The Kier molecular flexibility index (Phi) is 4.60. The molecule has 0 atom stereocenters. The van der Waals surface area contributed by atoms with E-state index >= 15 is 0 Å². The van der Waals surface area contributed by atoms with Crippen molar-refractivity contribution in [3.63, 3.8) is 0 Å². The molecular weight excluding hydrogens is 240 g/mol. The highest BCUT2D eigenvalue weighted by atomic mass is 16.5. The van der Waals surface area contributed by atoms with Crippen molar-refractivity contribution in [1.82, 2.24) is 9.78 Å². The van der Waals surface area contributed by atoms with Crippen LogP contribution in [0.2, 0.25) is 0 Å². The molecule has 0 aliphatic heterocycles. The Bertz CT molecular complexity index is 580. The van der Waals surface area contributed by atoms with Gasteiger partial charge in [0.25, 0.3) is 0 Å². The first-order chi connectivity index (χ1) is 9.29. The van der Waals surface area contributed by atoms with E-state index in [0.29, 0.717) is 13.2 Å². The maximum absolute atomic E-state index is 8.76. The smallest absolute Gasteiger partial charge is 0.135 e. The molecule has 1 aromatic heterocycles. The predicted molar refractivity (Wildman–Crippen MR) is 72.9 cm³/mol. The number of aromatic nitrogens is 2. The average Bonchev–Trinajstić information content (AvgIpc) is 2.91. The van der Waals surface area contributed by atoms with Gasteiger partial charge in [0, 0.05) is 12.4 Å². The lowest BCUT2D eigenvalue weighted by atomic mass is 10.1. The highest BCUT2D eigenvalue weighted by molar-refractivity contribution is 5.48. The van der Waals surface area contributed by atoms with Crippen LogP contribution >= 0.6 is 0 Å². The summed E-state index contributed by atoms with van der Waals surface area (Å²) in [6, 6.07) is 7.71. The summed E-state index contributed by atoms with van der Waals surface area (Å²) in [6.45, 7) is 3.06. The monoisotopic (exact) mass is 256 g/mol. The number of rotatable bonds is 4. The molecule has 0 aliphatic carbocycles. The van der Waals surface area contributed by atoms with Gasteiger partial charge in [0.1, 0.15) is 19.0 Å². The molecule has 4 heteroatoms. The van der Waals surface area contributed by atoms with Crippen molar-refractivity contribution in [2.75, 3.05) is 13.2 Å². The molecule has 0 saturated carbocycles. The van der Waals surface area contributed by atoms with E-state index < -0.39 is 0 Å². The van der Waals surface area contributed by atoms with Gasteiger partial charge in [-0.3, -0.25) is 4.68 Å². The molecule has 1 N–H and O–H groups in total. The fourth-order valence-electron chi connectivity index (χ4n) is 1.68. The number of hydrogen-bond donors (Lipinski definition) is 1. The minimum atomic E-state index is -0.152. The van der Waals surface area contributed by atoms with E-state index in [4.69, 9.17) is 9.84 Å². The SMILES string of the molecule is Cc1ccc(OCCn2cccn2)c(C#CCO)c1. The minimum Gasteiger partial charge on any atom is -0.490 e. The van der Waals surface area contributed by atoms with Gasteiger partial charge in [0.2, 0.25) is 0 Å². The summed E-state index contributed by atoms with van der Waals surface area (Å²) >= 11 is 0. The number of hydrogen-bond acceptors (Lipinski definition) is 3. The first-order valence-corrected chi connectivity index (χ1v) is 6.10. The second kappa shape index (κ2) is 6.62. The zero-order valence-electron chi connectivity index (χ0n) is 10.8. The van der Waals surface area contributed by atoms with E-state index in [0.717, 1.165) is 16.9 Å². The van der Waals surface area contributed by atoms with Crippen molar-refractivity contribution in [3.05, 3.63) is 47.8 Å². The third-order valence-corrected chi connectivity index (χ3v) is 2.57. The van der Waals surface area contributed by atoms with Crippen LogP contribution in [0.25, 0.3) is 0 Å². The summed E-state index contributed by atoms with van der Waals surface area (Å²) in [6.07, 6.45) is 3.63. The average molecular weight is 256 g/mol. The molecule has 98 valence electrons. The number of benzene rings is 1. The van der Waals surface area contributed by atoms with Crippen LogP contribution in [-0.2, 0) is 6.54 Å². The van der Waals surface area contributed by atoms with Gasteiger partial charge >= 0.3 is 0 Å². The summed E-state index contributed by atoms with van der Waals surface area (Å²) in [4.78, 5) is 0. The van der Waals surface area contributed by atoms with Gasteiger partial charge in [-0.1, -0.05) is 17.9 Å². The van der Waals surface area contributed by atoms with Crippen LogP contribution in [-0.4, -0.2) is 28.1 Å². The number of ether oxygens (including phenoxy) is 1.